The molecule has 0 aliphatic carbocycles. The number of carbonyl (C=O) groups excluding carboxylic acids is 1. The smallest absolute Gasteiger partial charge is 0.310 e. The van der Waals surface area contributed by atoms with Crippen molar-refractivity contribution in [3.05, 3.63) is 29.3 Å². The van der Waals surface area contributed by atoms with Gasteiger partial charge >= 0.3 is 5.97 Å². The first kappa shape index (κ1) is 9.78. The number of rotatable bonds is 2. The minimum absolute atomic E-state index is 0.186. The highest BCUT2D eigenvalue weighted by Crippen LogP contribution is 2.20. The normalized spacial score (nSPS) is 9.77. The van der Waals surface area contributed by atoms with E-state index in [0.717, 1.165) is 11.1 Å². The highest BCUT2D eigenvalue weighted by molar-refractivity contribution is 5.72. The zero-order valence-corrected chi connectivity index (χ0v) is 8.26. The molecule has 0 aliphatic heterocycles. The number of hydrogen-bond acceptors (Lipinski definition) is 2. The Morgan fingerprint density at radius 2 is 2.08 bits per heavy atom. The van der Waals surface area contributed by atoms with Gasteiger partial charge < -0.3 is 4.74 Å². The molecule has 0 N–H and O–H groups in total. The van der Waals surface area contributed by atoms with E-state index in [2.05, 4.69) is 0 Å². The molecule has 70 valence electrons. The van der Waals surface area contributed by atoms with E-state index >= 15 is 0 Å². The number of carbonyl (C=O) groups is 1. The Bertz CT molecular complexity index is 316. The maximum Gasteiger partial charge on any atom is 0.310 e. The fraction of sp³-hybridized carbons (Fsp3) is 0.364. The van der Waals surface area contributed by atoms with Crippen LogP contribution in [0, 0.1) is 13.8 Å². The summed E-state index contributed by atoms with van der Waals surface area (Å²) in [6.45, 7) is 5.74. The van der Waals surface area contributed by atoms with Crippen molar-refractivity contribution in [1.29, 1.82) is 0 Å². The van der Waals surface area contributed by atoms with Gasteiger partial charge in [0.05, 0.1) is 0 Å². The molecular formula is C11H14O2. The molecule has 1 aromatic rings. The lowest BCUT2D eigenvalue weighted by Crippen LogP contribution is -2.06. The van der Waals surface area contributed by atoms with E-state index in [4.69, 9.17) is 4.74 Å². The van der Waals surface area contributed by atoms with Crippen LogP contribution in [0.3, 0.4) is 0 Å². The highest BCUT2D eigenvalue weighted by Gasteiger charge is 2.05. The second-order valence-electron chi connectivity index (χ2n) is 3.03. The number of aryl methyl sites for hydroxylation is 1. The first-order chi connectivity index (χ1) is 6.15. The van der Waals surface area contributed by atoms with Crippen molar-refractivity contribution in [2.45, 2.75) is 27.2 Å². The second-order valence-corrected chi connectivity index (χ2v) is 3.03. The van der Waals surface area contributed by atoms with Crippen molar-refractivity contribution in [1.82, 2.24) is 0 Å². The van der Waals surface area contributed by atoms with E-state index in [1.165, 1.54) is 0 Å². The Kier molecular flexibility index (Phi) is 3.07. The van der Waals surface area contributed by atoms with Gasteiger partial charge in [0.15, 0.2) is 0 Å². The van der Waals surface area contributed by atoms with E-state index < -0.39 is 0 Å². The molecule has 1 rings (SSSR count). The van der Waals surface area contributed by atoms with Crippen LogP contribution in [-0.2, 0) is 4.79 Å². The predicted octanol–water partition coefficient (Wildman–Crippen LogP) is 2.62. The lowest BCUT2D eigenvalue weighted by molar-refractivity contribution is -0.134. The lowest BCUT2D eigenvalue weighted by Gasteiger charge is -2.07. The molecule has 0 amide bonds. The number of esters is 1. The molecular weight excluding hydrogens is 164 g/mol. The van der Waals surface area contributed by atoms with Crippen molar-refractivity contribution in [3.63, 3.8) is 0 Å². The molecule has 0 saturated heterocycles. The standard InChI is InChI=1S/C11H14O2/c1-4-11(12)13-10-7-5-6-8(2)9(10)3/h5-7H,4H2,1-3H3. The first-order valence-corrected chi connectivity index (χ1v) is 4.42. The third-order valence-electron chi connectivity index (χ3n) is 2.07. The fourth-order valence-electron chi connectivity index (χ4n) is 1.03. The monoisotopic (exact) mass is 178 g/mol. The van der Waals surface area contributed by atoms with Crippen LogP contribution in [0.5, 0.6) is 5.75 Å². The van der Waals surface area contributed by atoms with Crippen LogP contribution < -0.4 is 4.74 Å². The molecule has 1 aromatic carbocycles. The lowest BCUT2D eigenvalue weighted by atomic mass is 10.1. The number of hydrogen-bond donors (Lipinski definition) is 0. The summed E-state index contributed by atoms with van der Waals surface area (Å²) < 4.78 is 5.14. The Morgan fingerprint density at radius 1 is 1.38 bits per heavy atom. The van der Waals surface area contributed by atoms with Gasteiger partial charge in [-0.3, -0.25) is 4.79 Å². The van der Waals surface area contributed by atoms with Crippen LogP contribution in [0.1, 0.15) is 24.5 Å². The summed E-state index contributed by atoms with van der Waals surface area (Å²) >= 11 is 0. The Balaban J connectivity index is 2.89. The van der Waals surface area contributed by atoms with E-state index in [-0.39, 0.29) is 5.97 Å². The van der Waals surface area contributed by atoms with E-state index in [9.17, 15) is 4.79 Å². The maximum atomic E-state index is 11.0. The zero-order valence-electron chi connectivity index (χ0n) is 8.26. The molecule has 2 nitrogen and oxygen atoms in total. The van der Waals surface area contributed by atoms with Crippen molar-refractivity contribution in [2.24, 2.45) is 0 Å². The summed E-state index contributed by atoms with van der Waals surface area (Å²) in [5.74, 6) is 0.487. The molecule has 2 heteroatoms. The average Bonchev–Trinajstić information content (AvgIpc) is 2.13. The van der Waals surface area contributed by atoms with Crippen LogP contribution in [-0.4, -0.2) is 5.97 Å². The molecule has 0 saturated carbocycles. The summed E-state index contributed by atoms with van der Waals surface area (Å²) in [5.41, 5.74) is 2.17. The van der Waals surface area contributed by atoms with Gasteiger partial charge in [-0.2, -0.15) is 0 Å². The van der Waals surface area contributed by atoms with Gasteiger partial charge in [-0.15, -0.1) is 0 Å². The molecule has 13 heavy (non-hydrogen) atoms. The largest absolute Gasteiger partial charge is 0.426 e. The third kappa shape index (κ3) is 2.31. The topological polar surface area (TPSA) is 26.3 Å². The summed E-state index contributed by atoms with van der Waals surface area (Å²) in [4.78, 5) is 11.0. The SMILES string of the molecule is CCC(=O)Oc1cccc(C)c1C. The molecule has 0 atom stereocenters. The van der Waals surface area contributed by atoms with Crippen LogP contribution in [0.2, 0.25) is 0 Å². The van der Waals surface area contributed by atoms with Gasteiger partial charge in [-0.25, -0.2) is 0 Å². The Hall–Kier alpha value is -1.31. The van der Waals surface area contributed by atoms with Crippen molar-refractivity contribution in [3.8, 4) is 5.75 Å². The molecule has 0 spiro atoms. The first-order valence-electron chi connectivity index (χ1n) is 4.42. The maximum absolute atomic E-state index is 11.0. The quantitative estimate of drug-likeness (QED) is 0.514. The van der Waals surface area contributed by atoms with Crippen LogP contribution >= 0.6 is 0 Å². The summed E-state index contributed by atoms with van der Waals surface area (Å²) in [5, 5.41) is 0. The van der Waals surface area contributed by atoms with Gasteiger partial charge in [-0.05, 0) is 31.0 Å². The highest BCUT2D eigenvalue weighted by atomic mass is 16.5. The molecule has 0 radical (unpaired) electrons. The Labute approximate surface area is 78.5 Å². The molecule has 0 aliphatic rings. The van der Waals surface area contributed by atoms with Crippen molar-refractivity contribution >= 4 is 5.97 Å². The van der Waals surface area contributed by atoms with Crippen LogP contribution in [0.15, 0.2) is 18.2 Å². The molecule has 0 aromatic heterocycles. The predicted molar refractivity (Wildman–Crippen MR) is 51.8 cm³/mol. The fourth-order valence-corrected chi connectivity index (χ4v) is 1.03. The van der Waals surface area contributed by atoms with Crippen molar-refractivity contribution in [2.75, 3.05) is 0 Å². The van der Waals surface area contributed by atoms with Gasteiger partial charge in [0.1, 0.15) is 5.75 Å². The van der Waals surface area contributed by atoms with Gasteiger partial charge in [-0.1, -0.05) is 19.1 Å². The number of ether oxygens (including phenoxy) is 1. The van der Waals surface area contributed by atoms with Gasteiger partial charge in [0.25, 0.3) is 0 Å². The van der Waals surface area contributed by atoms with E-state index in [1.807, 2.05) is 32.0 Å². The second kappa shape index (κ2) is 4.08. The summed E-state index contributed by atoms with van der Waals surface area (Å²) in [6, 6.07) is 5.70. The Morgan fingerprint density at radius 3 is 2.69 bits per heavy atom. The minimum Gasteiger partial charge on any atom is -0.426 e. The van der Waals surface area contributed by atoms with Gasteiger partial charge in [0, 0.05) is 6.42 Å². The van der Waals surface area contributed by atoms with Crippen molar-refractivity contribution < 1.29 is 9.53 Å². The molecule has 0 heterocycles. The minimum atomic E-state index is -0.186. The van der Waals surface area contributed by atoms with Crippen LogP contribution in [0.25, 0.3) is 0 Å². The van der Waals surface area contributed by atoms with E-state index in [0.29, 0.717) is 12.2 Å². The summed E-state index contributed by atoms with van der Waals surface area (Å²) in [7, 11) is 0. The molecule has 0 fully saturated rings. The molecule has 0 unspecified atom stereocenters. The van der Waals surface area contributed by atoms with Crippen LogP contribution in [0.4, 0.5) is 0 Å². The average molecular weight is 178 g/mol. The molecule has 0 bridgehead atoms. The third-order valence-corrected chi connectivity index (χ3v) is 2.07. The zero-order chi connectivity index (χ0) is 9.84. The van der Waals surface area contributed by atoms with E-state index in [1.54, 1.807) is 6.92 Å². The summed E-state index contributed by atoms with van der Waals surface area (Å²) in [6.07, 6.45) is 0.410. The number of benzene rings is 1. The van der Waals surface area contributed by atoms with Gasteiger partial charge in [0.2, 0.25) is 0 Å².